The maximum absolute atomic E-state index is 13.3. The number of nitrogens with zero attached hydrogens (tertiary/aromatic N) is 4. The number of piperazine rings is 1. The number of sulfonamides is 1. The number of carbonyl (C=O) groups is 1. The molecule has 182 valence electrons. The Bertz CT molecular complexity index is 1290. The predicted octanol–water partition coefficient (Wildman–Crippen LogP) is 3.77. The van der Waals surface area contributed by atoms with E-state index in [-0.39, 0.29) is 18.4 Å². The van der Waals surface area contributed by atoms with Gasteiger partial charge in [0.25, 0.3) is 10.0 Å². The zero-order valence-electron chi connectivity index (χ0n) is 18.6. The van der Waals surface area contributed by atoms with Crippen LogP contribution < -0.4 is 9.64 Å². The van der Waals surface area contributed by atoms with Crippen molar-refractivity contribution < 1.29 is 17.9 Å². The maximum Gasteiger partial charge on any atom is 0.252 e. The minimum Gasteiger partial charge on any atom is -0.494 e. The van der Waals surface area contributed by atoms with Crippen molar-refractivity contribution in [2.75, 3.05) is 51.3 Å². The van der Waals surface area contributed by atoms with E-state index >= 15 is 0 Å². The summed E-state index contributed by atoms with van der Waals surface area (Å²) in [6.07, 6.45) is 1.40. The van der Waals surface area contributed by atoms with Crippen LogP contribution in [0.15, 0.2) is 33.9 Å². The molecule has 1 aromatic carbocycles. The van der Waals surface area contributed by atoms with Gasteiger partial charge in [-0.25, -0.2) is 13.4 Å². The maximum atomic E-state index is 13.3. The van der Waals surface area contributed by atoms with Crippen LogP contribution in [-0.4, -0.2) is 74.9 Å². The van der Waals surface area contributed by atoms with E-state index in [0.29, 0.717) is 60.5 Å². The van der Waals surface area contributed by atoms with Crippen molar-refractivity contribution >= 4 is 65.6 Å². The monoisotopic (exact) mass is 540 g/mol. The lowest BCUT2D eigenvalue weighted by Crippen LogP contribution is -2.53. The van der Waals surface area contributed by atoms with Gasteiger partial charge in [-0.2, -0.15) is 4.31 Å². The largest absolute Gasteiger partial charge is 0.494 e. The Hall–Kier alpha value is -1.92. The van der Waals surface area contributed by atoms with Gasteiger partial charge in [0.2, 0.25) is 5.91 Å². The van der Waals surface area contributed by atoms with Crippen LogP contribution in [0.3, 0.4) is 0 Å². The molecule has 2 aliphatic heterocycles. The molecule has 3 aromatic rings. The number of fused-ring (bicyclic) bond motifs is 1. The van der Waals surface area contributed by atoms with Gasteiger partial charge in [0.15, 0.2) is 5.13 Å². The molecule has 0 aliphatic carbocycles. The number of halogens is 1. The molecule has 4 heterocycles. The van der Waals surface area contributed by atoms with Gasteiger partial charge in [-0.05, 0) is 36.4 Å². The Morgan fingerprint density at radius 1 is 1.18 bits per heavy atom. The molecule has 12 heteroatoms. The fraction of sp³-hybridized carbons (Fsp3) is 0.455. The molecule has 2 aliphatic rings. The number of piperidine rings is 1. The van der Waals surface area contributed by atoms with Gasteiger partial charge in [-0.1, -0.05) is 29.0 Å². The first kappa shape index (κ1) is 23.8. The van der Waals surface area contributed by atoms with Crippen molar-refractivity contribution in [1.82, 2.24) is 14.2 Å². The first-order valence-corrected chi connectivity index (χ1v) is 14.6. The van der Waals surface area contributed by atoms with Crippen LogP contribution in [-0.2, 0) is 14.8 Å². The molecule has 0 radical (unpaired) electrons. The van der Waals surface area contributed by atoms with E-state index in [2.05, 4.69) is 4.90 Å². The van der Waals surface area contributed by atoms with Gasteiger partial charge in [0.1, 0.15) is 15.5 Å². The van der Waals surface area contributed by atoms with Crippen molar-refractivity contribution in [2.45, 2.75) is 17.1 Å². The first-order chi connectivity index (χ1) is 16.4. The fourth-order valence-electron chi connectivity index (χ4n) is 4.52. The number of methoxy groups -OCH3 is 1. The summed E-state index contributed by atoms with van der Waals surface area (Å²) >= 11 is 9.10. The van der Waals surface area contributed by atoms with E-state index < -0.39 is 10.0 Å². The Labute approximate surface area is 211 Å². The summed E-state index contributed by atoms with van der Waals surface area (Å²) in [4.78, 5) is 22.0. The summed E-state index contributed by atoms with van der Waals surface area (Å²) in [6.45, 7) is 3.18. The van der Waals surface area contributed by atoms with Gasteiger partial charge in [0, 0.05) is 39.3 Å². The van der Waals surface area contributed by atoms with Gasteiger partial charge < -0.3 is 14.5 Å². The van der Waals surface area contributed by atoms with Crippen LogP contribution in [0.2, 0.25) is 5.02 Å². The fourth-order valence-corrected chi connectivity index (χ4v) is 8.49. The number of carbonyl (C=O) groups excluding carboxylic acids is 1. The van der Waals surface area contributed by atoms with Crippen LogP contribution in [0.4, 0.5) is 5.13 Å². The number of rotatable bonds is 5. The lowest BCUT2D eigenvalue weighted by Gasteiger charge is -2.38. The quantitative estimate of drug-likeness (QED) is 0.490. The summed E-state index contributed by atoms with van der Waals surface area (Å²) in [5.41, 5.74) is 0.753. The Morgan fingerprint density at radius 3 is 2.68 bits per heavy atom. The third-order valence-corrected chi connectivity index (χ3v) is 11.2. The van der Waals surface area contributed by atoms with Crippen LogP contribution >= 0.6 is 34.3 Å². The second kappa shape index (κ2) is 9.62. The number of benzene rings is 1. The number of aromatic nitrogens is 1. The molecule has 34 heavy (non-hydrogen) atoms. The van der Waals surface area contributed by atoms with Gasteiger partial charge in [-0.3, -0.25) is 4.79 Å². The van der Waals surface area contributed by atoms with E-state index in [1.165, 1.54) is 27.0 Å². The molecule has 0 spiro atoms. The zero-order chi connectivity index (χ0) is 23.9. The normalized spacial score (nSPS) is 20.1. The highest BCUT2D eigenvalue weighted by Crippen LogP contribution is 2.39. The summed E-state index contributed by atoms with van der Waals surface area (Å²) in [5, 5.41) is 3.26. The average molecular weight is 541 g/mol. The van der Waals surface area contributed by atoms with E-state index in [1.54, 1.807) is 24.6 Å². The second-order valence-corrected chi connectivity index (χ2v) is 12.9. The Balaban J connectivity index is 1.24. The average Bonchev–Trinajstić information content (AvgIpc) is 3.56. The molecule has 0 N–H and O–H groups in total. The van der Waals surface area contributed by atoms with Crippen molar-refractivity contribution in [1.29, 1.82) is 0 Å². The van der Waals surface area contributed by atoms with Crippen molar-refractivity contribution in [3.8, 4) is 5.75 Å². The molecule has 8 nitrogen and oxygen atoms in total. The highest BCUT2D eigenvalue weighted by molar-refractivity contribution is 7.91. The number of hydrogen-bond acceptors (Lipinski definition) is 8. The summed E-state index contributed by atoms with van der Waals surface area (Å²) in [7, 11) is -1.92. The van der Waals surface area contributed by atoms with Crippen molar-refractivity contribution in [3.63, 3.8) is 0 Å². The molecule has 2 fully saturated rings. The van der Waals surface area contributed by atoms with Gasteiger partial charge in [0.05, 0.1) is 22.8 Å². The third kappa shape index (κ3) is 4.39. The SMILES string of the molecule is COc1ccc(Cl)c2sc(N3CCN(C(=O)C4CCCN(S(=O)(=O)c5cccs5)C4)CC3)nc12. The van der Waals surface area contributed by atoms with Gasteiger partial charge in [-0.15, -0.1) is 11.3 Å². The Morgan fingerprint density at radius 2 is 1.97 bits per heavy atom. The van der Waals surface area contributed by atoms with E-state index in [9.17, 15) is 13.2 Å². The summed E-state index contributed by atoms with van der Waals surface area (Å²) in [6, 6.07) is 6.98. The topological polar surface area (TPSA) is 83.0 Å². The van der Waals surface area contributed by atoms with E-state index in [4.69, 9.17) is 21.3 Å². The molecule has 5 rings (SSSR count). The summed E-state index contributed by atoms with van der Waals surface area (Å²) < 4.78 is 34.0. The van der Waals surface area contributed by atoms with Crippen LogP contribution in [0.25, 0.3) is 10.2 Å². The third-order valence-electron chi connectivity index (χ3n) is 6.35. The molecule has 1 unspecified atom stereocenters. The highest BCUT2D eigenvalue weighted by atomic mass is 35.5. The molecule has 1 amide bonds. The van der Waals surface area contributed by atoms with Crippen LogP contribution in [0.1, 0.15) is 12.8 Å². The molecule has 1 atom stereocenters. The van der Waals surface area contributed by atoms with Crippen LogP contribution in [0, 0.1) is 5.92 Å². The van der Waals surface area contributed by atoms with Crippen molar-refractivity contribution in [3.05, 3.63) is 34.7 Å². The number of ether oxygens (including phenoxy) is 1. The smallest absolute Gasteiger partial charge is 0.252 e. The number of thiazole rings is 1. The zero-order valence-corrected chi connectivity index (χ0v) is 21.9. The van der Waals surface area contributed by atoms with E-state index in [0.717, 1.165) is 15.3 Å². The van der Waals surface area contributed by atoms with Crippen LogP contribution in [0.5, 0.6) is 5.75 Å². The molecule has 2 aromatic heterocycles. The molecule has 0 saturated carbocycles. The van der Waals surface area contributed by atoms with E-state index in [1.807, 2.05) is 17.0 Å². The minimum atomic E-state index is -3.54. The molecular weight excluding hydrogens is 516 g/mol. The predicted molar refractivity (Wildman–Crippen MR) is 136 cm³/mol. The number of anilines is 1. The second-order valence-electron chi connectivity index (χ2n) is 8.37. The summed E-state index contributed by atoms with van der Waals surface area (Å²) in [5.74, 6) is 0.426. The highest BCUT2D eigenvalue weighted by Gasteiger charge is 2.36. The lowest BCUT2D eigenvalue weighted by molar-refractivity contribution is -0.137. The number of amides is 1. The molecule has 0 bridgehead atoms. The number of thiophene rings is 1. The first-order valence-electron chi connectivity index (χ1n) is 11.1. The van der Waals surface area contributed by atoms with Gasteiger partial charge >= 0.3 is 0 Å². The molecule has 2 saturated heterocycles. The standard InChI is InChI=1S/C22H25ClN4O4S3/c1-31-17-7-6-16(23)20-19(17)24-22(33-20)26-11-9-25(10-12-26)21(28)15-4-2-8-27(14-15)34(29,30)18-5-3-13-32-18/h3,5-7,13,15H,2,4,8-12,14H2,1H3. The molecular formula is C22H25ClN4O4S3. The lowest BCUT2D eigenvalue weighted by atomic mass is 9.98. The minimum absolute atomic E-state index is 0.0414. The van der Waals surface area contributed by atoms with Crippen molar-refractivity contribution in [2.24, 2.45) is 5.92 Å². The Kier molecular flexibility index (Phi) is 6.73. The number of hydrogen-bond donors (Lipinski definition) is 0.